The van der Waals surface area contributed by atoms with Gasteiger partial charge in [-0.2, -0.15) is 0 Å². The van der Waals surface area contributed by atoms with Crippen LogP contribution < -0.4 is 0 Å². The molecule has 2 saturated heterocycles. The Morgan fingerprint density at radius 2 is 1.57 bits per heavy atom. The van der Waals surface area contributed by atoms with E-state index in [2.05, 4.69) is 31.8 Å². The molecule has 6 heteroatoms. The third kappa shape index (κ3) is 3.81. The van der Waals surface area contributed by atoms with Gasteiger partial charge in [-0.1, -0.05) is 0 Å². The van der Waals surface area contributed by atoms with E-state index in [-0.39, 0.29) is 6.04 Å². The first-order chi connectivity index (χ1) is 10.2. The number of aryl methyl sites for hydroxylation is 1. The summed E-state index contributed by atoms with van der Waals surface area (Å²) in [6.45, 7) is 13.5. The van der Waals surface area contributed by atoms with Crippen molar-refractivity contribution in [3.63, 3.8) is 0 Å². The number of hydrogen-bond donors (Lipinski definition) is 0. The highest BCUT2D eigenvalue weighted by Crippen LogP contribution is 2.20. The van der Waals surface area contributed by atoms with Crippen LogP contribution in [-0.2, 0) is 0 Å². The van der Waals surface area contributed by atoms with Crippen molar-refractivity contribution in [1.82, 2.24) is 24.9 Å². The van der Waals surface area contributed by atoms with Crippen molar-refractivity contribution >= 4 is 0 Å². The van der Waals surface area contributed by atoms with E-state index < -0.39 is 0 Å². The van der Waals surface area contributed by atoms with Crippen molar-refractivity contribution in [2.45, 2.75) is 32.7 Å². The fourth-order valence-corrected chi connectivity index (χ4v) is 3.30. The molecule has 0 aliphatic carbocycles. The lowest BCUT2D eigenvalue weighted by Gasteiger charge is -2.37. The second kappa shape index (κ2) is 6.85. The zero-order valence-electron chi connectivity index (χ0n) is 13.3. The Morgan fingerprint density at radius 1 is 0.952 bits per heavy atom. The zero-order valence-corrected chi connectivity index (χ0v) is 13.3. The molecule has 1 aromatic heterocycles. The normalized spacial score (nSPS) is 23.7. The highest BCUT2D eigenvalue weighted by atomic mass is 16.4. The van der Waals surface area contributed by atoms with Gasteiger partial charge in [0.2, 0.25) is 11.8 Å². The lowest BCUT2D eigenvalue weighted by atomic mass is 10.2. The maximum atomic E-state index is 5.56. The minimum Gasteiger partial charge on any atom is -0.424 e. The molecule has 0 bridgehead atoms. The van der Waals surface area contributed by atoms with Crippen LogP contribution in [-0.4, -0.2) is 77.3 Å². The summed E-state index contributed by atoms with van der Waals surface area (Å²) in [5, 5.41) is 8.08. The number of aromatic nitrogens is 2. The van der Waals surface area contributed by atoms with Crippen LogP contribution in [0.2, 0.25) is 0 Å². The summed E-state index contributed by atoms with van der Waals surface area (Å²) in [4.78, 5) is 7.62. The molecule has 21 heavy (non-hydrogen) atoms. The minimum absolute atomic E-state index is 0.229. The Hall–Kier alpha value is -0.980. The van der Waals surface area contributed by atoms with Crippen LogP contribution in [0.1, 0.15) is 37.6 Å². The van der Waals surface area contributed by atoms with Gasteiger partial charge in [-0.05, 0) is 32.9 Å². The average Bonchev–Trinajstić information content (AvgIpc) is 3.16. The number of likely N-dealkylation sites (tertiary alicyclic amines) is 1. The molecule has 2 aliphatic rings. The van der Waals surface area contributed by atoms with Gasteiger partial charge in [0.15, 0.2) is 0 Å². The number of piperazine rings is 1. The predicted octanol–water partition coefficient (Wildman–Crippen LogP) is 1.15. The lowest BCUT2D eigenvalue weighted by Crippen LogP contribution is -2.48. The average molecular weight is 293 g/mol. The van der Waals surface area contributed by atoms with E-state index in [1.807, 2.05) is 6.92 Å². The highest BCUT2D eigenvalue weighted by molar-refractivity contribution is 4.90. The maximum Gasteiger partial charge on any atom is 0.233 e. The van der Waals surface area contributed by atoms with Crippen molar-refractivity contribution in [2.24, 2.45) is 0 Å². The van der Waals surface area contributed by atoms with Gasteiger partial charge in [-0.3, -0.25) is 9.80 Å². The van der Waals surface area contributed by atoms with E-state index in [4.69, 9.17) is 4.42 Å². The van der Waals surface area contributed by atoms with Crippen LogP contribution in [0.15, 0.2) is 4.42 Å². The van der Waals surface area contributed by atoms with Crippen LogP contribution in [0.25, 0.3) is 0 Å². The van der Waals surface area contributed by atoms with E-state index in [9.17, 15) is 0 Å². The van der Waals surface area contributed by atoms with Crippen LogP contribution in [0.3, 0.4) is 0 Å². The Balaban J connectivity index is 1.42. The molecular formula is C15H27N5O. The van der Waals surface area contributed by atoms with Gasteiger partial charge >= 0.3 is 0 Å². The molecule has 1 aromatic rings. The largest absolute Gasteiger partial charge is 0.424 e. The molecule has 2 aliphatic heterocycles. The summed E-state index contributed by atoms with van der Waals surface area (Å²) in [6, 6.07) is 0.229. The molecule has 0 saturated carbocycles. The van der Waals surface area contributed by atoms with Crippen LogP contribution >= 0.6 is 0 Å². The molecule has 1 unspecified atom stereocenters. The molecule has 0 N–H and O–H groups in total. The molecule has 118 valence electrons. The van der Waals surface area contributed by atoms with Gasteiger partial charge in [0.1, 0.15) is 0 Å². The molecule has 3 rings (SSSR count). The standard InChI is InChI=1S/C15H27N5O/c1-13(15-17-16-14(2)21-15)20-11-9-19(10-12-20)8-7-18-5-3-4-6-18/h13H,3-12H2,1-2H3. The summed E-state index contributed by atoms with van der Waals surface area (Å²) in [5.41, 5.74) is 0. The van der Waals surface area contributed by atoms with Gasteiger partial charge < -0.3 is 9.32 Å². The quantitative estimate of drug-likeness (QED) is 0.812. The summed E-state index contributed by atoms with van der Waals surface area (Å²) < 4.78 is 5.56. The van der Waals surface area contributed by atoms with Gasteiger partial charge in [-0.25, -0.2) is 0 Å². The third-order valence-electron chi connectivity index (χ3n) is 4.78. The highest BCUT2D eigenvalue weighted by Gasteiger charge is 2.25. The molecule has 0 amide bonds. The van der Waals surface area contributed by atoms with Gasteiger partial charge in [0.05, 0.1) is 6.04 Å². The summed E-state index contributed by atoms with van der Waals surface area (Å²) in [7, 11) is 0. The fraction of sp³-hybridized carbons (Fsp3) is 0.867. The van der Waals surface area contributed by atoms with Crippen LogP contribution in [0, 0.1) is 6.92 Å². The number of rotatable bonds is 5. The smallest absolute Gasteiger partial charge is 0.233 e. The minimum atomic E-state index is 0.229. The first-order valence-electron chi connectivity index (χ1n) is 8.21. The third-order valence-corrected chi connectivity index (χ3v) is 4.78. The van der Waals surface area contributed by atoms with Crippen LogP contribution in [0.4, 0.5) is 0 Å². The van der Waals surface area contributed by atoms with E-state index >= 15 is 0 Å². The topological polar surface area (TPSA) is 48.6 Å². The molecule has 0 radical (unpaired) electrons. The SMILES string of the molecule is Cc1nnc(C(C)N2CCN(CCN3CCCC3)CC2)o1. The lowest BCUT2D eigenvalue weighted by molar-refractivity contribution is 0.0854. The Morgan fingerprint density at radius 3 is 2.14 bits per heavy atom. The summed E-state index contributed by atoms with van der Waals surface area (Å²) in [5.74, 6) is 1.40. The second-order valence-corrected chi connectivity index (χ2v) is 6.26. The van der Waals surface area contributed by atoms with Crippen molar-refractivity contribution in [2.75, 3.05) is 52.4 Å². The van der Waals surface area contributed by atoms with E-state index in [1.54, 1.807) is 0 Å². The Kier molecular flexibility index (Phi) is 4.87. The first kappa shape index (κ1) is 14.9. The maximum absolute atomic E-state index is 5.56. The van der Waals surface area contributed by atoms with E-state index in [1.165, 1.54) is 39.0 Å². The molecule has 1 atom stereocenters. The number of hydrogen-bond acceptors (Lipinski definition) is 6. The van der Waals surface area contributed by atoms with Crippen molar-refractivity contribution in [1.29, 1.82) is 0 Å². The molecule has 2 fully saturated rings. The van der Waals surface area contributed by atoms with E-state index in [0.29, 0.717) is 5.89 Å². The van der Waals surface area contributed by atoms with Gasteiger partial charge in [0.25, 0.3) is 0 Å². The van der Waals surface area contributed by atoms with Crippen LogP contribution in [0.5, 0.6) is 0 Å². The second-order valence-electron chi connectivity index (χ2n) is 6.26. The zero-order chi connectivity index (χ0) is 14.7. The molecular weight excluding hydrogens is 266 g/mol. The molecule has 0 spiro atoms. The predicted molar refractivity (Wildman–Crippen MR) is 81.1 cm³/mol. The van der Waals surface area contributed by atoms with Gasteiger partial charge in [0, 0.05) is 46.2 Å². The monoisotopic (exact) mass is 293 g/mol. The summed E-state index contributed by atoms with van der Waals surface area (Å²) >= 11 is 0. The van der Waals surface area contributed by atoms with Crippen molar-refractivity contribution < 1.29 is 4.42 Å². The van der Waals surface area contributed by atoms with E-state index in [0.717, 1.165) is 32.1 Å². The Bertz CT molecular complexity index is 435. The Labute approximate surface area is 127 Å². The van der Waals surface area contributed by atoms with Crippen molar-refractivity contribution in [3.8, 4) is 0 Å². The van der Waals surface area contributed by atoms with Gasteiger partial charge in [-0.15, -0.1) is 10.2 Å². The summed E-state index contributed by atoms with van der Waals surface area (Å²) in [6.07, 6.45) is 2.77. The molecule has 6 nitrogen and oxygen atoms in total. The number of nitrogens with zero attached hydrogens (tertiary/aromatic N) is 5. The molecule has 0 aromatic carbocycles. The first-order valence-corrected chi connectivity index (χ1v) is 8.21. The van der Waals surface area contributed by atoms with Crippen molar-refractivity contribution in [3.05, 3.63) is 11.8 Å². The molecule has 3 heterocycles. The fourth-order valence-electron chi connectivity index (χ4n) is 3.30.